The van der Waals surface area contributed by atoms with Crippen LogP contribution in [0.5, 0.6) is 0 Å². The second kappa shape index (κ2) is 4.82. The lowest BCUT2D eigenvalue weighted by Gasteiger charge is -2.16. The number of halogens is 1. The average molecular weight is 274 g/mol. The number of aryl methyl sites for hydroxylation is 2. The molecular weight excluding hydrogens is 258 g/mol. The smallest absolute Gasteiger partial charge is 0.148 e. The van der Waals surface area contributed by atoms with Crippen LogP contribution in [0.3, 0.4) is 0 Å². The number of hydrogen-bond acceptors (Lipinski definition) is 3. The van der Waals surface area contributed by atoms with E-state index in [-0.39, 0.29) is 6.04 Å². The molecular formula is C15H16ClN3. The third kappa shape index (κ3) is 2.30. The Labute approximate surface area is 118 Å². The fourth-order valence-electron chi connectivity index (χ4n) is 2.60. The summed E-state index contributed by atoms with van der Waals surface area (Å²) in [7, 11) is 0. The van der Waals surface area contributed by atoms with Crippen LogP contribution in [-0.4, -0.2) is 9.97 Å². The molecule has 1 aromatic heterocycles. The van der Waals surface area contributed by atoms with Gasteiger partial charge in [-0.05, 0) is 43.9 Å². The van der Waals surface area contributed by atoms with Crippen molar-refractivity contribution in [3.8, 4) is 0 Å². The molecule has 19 heavy (non-hydrogen) atoms. The lowest BCUT2D eigenvalue weighted by Crippen LogP contribution is -2.10. The monoisotopic (exact) mass is 273 g/mol. The quantitative estimate of drug-likeness (QED) is 0.903. The summed E-state index contributed by atoms with van der Waals surface area (Å²) >= 11 is 6.24. The van der Waals surface area contributed by atoms with Gasteiger partial charge in [0.25, 0.3) is 0 Å². The van der Waals surface area contributed by atoms with Crippen LogP contribution in [0.1, 0.15) is 35.0 Å². The number of rotatable bonds is 2. The summed E-state index contributed by atoms with van der Waals surface area (Å²) in [6, 6.07) is 6.39. The molecule has 0 radical (unpaired) electrons. The average Bonchev–Trinajstić information content (AvgIpc) is 2.79. The summed E-state index contributed by atoms with van der Waals surface area (Å²) in [5.41, 5.74) is 4.41. The van der Waals surface area contributed by atoms with E-state index < -0.39 is 0 Å². The molecule has 1 atom stereocenters. The van der Waals surface area contributed by atoms with E-state index in [9.17, 15) is 0 Å². The van der Waals surface area contributed by atoms with Gasteiger partial charge in [-0.2, -0.15) is 0 Å². The molecule has 0 fully saturated rings. The van der Waals surface area contributed by atoms with Crippen molar-refractivity contribution >= 4 is 17.4 Å². The van der Waals surface area contributed by atoms with Crippen molar-refractivity contribution < 1.29 is 0 Å². The van der Waals surface area contributed by atoms with E-state index in [1.165, 1.54) is 11.1 Å². The number of hydrogen-bond donors (Lipinski definition) is 1. The zero-order valence-electron chi connectivity index (χ0n) is 11.1. The maximum absolute atomic E-state index is 6.24. The molecule has 1 aliphatic carbocycles. The topological polar surface area (TPSA) is 37.8 Å². The molecule has 2 aromatic rings. The normalized spacial score (nSPS) is 17.3. The molecule has 1 unspecified atom stereocenters. The van der Waals surface area contributed by atoms with Gasteiger partial charge in [-0.15, -0.1) is 0 Å². The highest BCUT2D eigenvalue weighted by molar-refractivity contribution is 6.31. The van der Waals surface area contributed by atoms with Crippen LogP contribution in [-0.2, 0) is 6.42 Å². The molecule has 0 spiro atoms. The molecule has 0 amide bonds. The number of fused-ring (bicyclic) bond motifs is 1. The molecule has 3 rings (SSSR count). The maximum atomic E-state index is 6.24. The summed E-state index contributed by atoms with van der Waals surface area (Å²) in [5.74, 6) is 0.873. The Morgan fingerprint density at radius 2 is 2.16 bits per heavy atom. The number of anilines is 1. The van der Waals surface area contributed by atoms with E-state index in [4.69, 9.17) is 11.6 Å². The minimum Gasteiger partial charge on any atom is -0.362 e. The Kier molecular flexibility index (Phi) is 3.15. The molecule has 98 valence electrons. The van der Waals surface area contributed by atoms with Crippen molar-refractivity contribution in [1.82, 2.24) is 9.97 Å². The van der Waals surface area contributed by atoms with E-state index in [1.807, 2.05) is 26.0 Å². The van der Waals surface area contributed by atoms with E-state index in [0.29, 0.717) is 0 Å². The van der Waals surface area contributed by atoms with Crippen molar-refractivity contribution in [2.45, 2.75) is 32.7 Å². The molecule has 1 heterocycles. The first-order valence-corrected chi connectivity index (χ1v) is 6.87. The van der Waals surface area contributed by atoms with Crippen LogP contribution < -0.4 is 5.32 Å². The van der Waals surface area contributed by atoms with Gasteiger partial charge in [-0.1, -0.05) is 23.7 Å². The number of nitrogens with one attached hydrogen (secondary N) is 1. The van der Waals surface area contributed by atoms with Crippen molar-refractivity contribution in [1.29, 1.82) is 0 Å². The highest BCUT2D eigenvalue weighted by atomic mass is 35.5. The Morgan fingerprint density at radius 1 is 1.32 bits per heavy atom. The second-order valence-electron chi connectivity index (χ2n) is 4.99. The third-order valence-electron chi connectivity index (χ3n) is 3.60. The molecule has 1 aliphatic rings. The lowest BCUT2D eigenvalue weighted by molar-refractivity contribution is 0.753. The predicted octanol–water partition coefficient (Wildman–Crippen LogP) is 3.85. The van der Waals surface area contributed by atoms with E-state index >= 15 is 0 Å². The minimum atomic E-state index is 0.281. The van der Waals surface area contributed by atoms with Gasteiger partial charge in [0, 0.05) is 11.2 Å². The third-order valence-corrected chi connectivity index (χ3v) is 3.95. The summed E-state index contributed by atoms with van der Waals surface area (Å²) in [4.78, 5) is 8.87. The van der Waals surface area contributed by atoms with Gasteiger partial charge in [-0.3, -0.25) is 4.98 Å². The maximum Gasteiger partial charge on any atom is 0.148 e. The van der Waals surface area contributed by atoms with Crippen LogP contribution in [0.15, 0.2) is 24.4 Å². The van der Waals surface area contributed by atoms with E-state index in [1.54, 1.807) is 6.20 Å². The molecule has 0 saturated carbocycles. The first kappa shape index (κ1) is 12.4. The molecule has 0 bridgehead atoms. The summed E-state index contributed by atoms with van der Waals surface area (Å²) in [6.45, 7) is 3.93. The van der Waals surface area contributed by atoms with Gasteiger partial charge in [0.2, 0.25) is 0 Å². The fourth-order valence-corrected chi connectivity index (χ4v) is 2.88. The van der Waals surface area contributed by atoms with Crippen LogP contribution in [0, 0.1) is 13.8 Å². The van der Waals surface area contributed by atoms with Crippen molar-refractivity contribution in [2.24, 2.45) is 0 Å². The van der Waals surface area contributed by atoms with Gasteiger partial charge in [0.1, 0.15) is 5.82 Å². The van der Waals surface area contributed by atoms with Crippen molar-refractivity contribution in [3.05, 3.63) is 51.9 Å². The SMILES string of the molecule is Cc1cnc(C)c(NC2CCc3c(Cl)cccc32)n1. The Bertz CT molecular complexity index is 625. The number of aromatic nitrogens is 2. The van der Waals surface area contributed by atoms with Crippen molar-refractivity contribution in [2.75, 3.05) is 5.32 Å². The summed E-state index contributed by atoms with van der Waals surface area (Å²) < 4.78 is 0. The standard InChI is InChI=1S/C15H16ClN3/c1-9-8-17-10(2)15(18-9)19-14-7-6-11-12(14)4-3-5-13(11)16/h3-5,8,14H,6-7H2,1-2H3,(H,18,19). The molecule has 1 aromatic carbocycles. The second-order valence-corrected chi connectivity index (χ2v) is 5.40. The van der Waals surface area contributed by atoms with Gasteiger partial charge in [-0.25, -0.2) is 4.98 Å². The zero-order chi connectivity index (χ0) is 13.4. The fraction of sp³-hybridized carbons (Fsp3) is 0.333. The molecule has 3 nitrogen and oxygen atoms in total. The number of nitrogens with zero attached hydrogens (tertiary/aromatic N) is 2. The van der Waals surface area contributed by atoms with E-state index in [0.717, 1.165) is 35.1 Å². The van der Waals surface area contributed by atoms with Gasteiger partial charge < -0.3 is 5.32 Å². The largest absolute Gasteiger partial charge is 0.362 e. The Morgan fingerprint density at radius 3 is 3.00 bits per heavy atom. The van der Waals surface area contributed by atoms with Gasteiger partial charge in [0.15, 0.2) is 0 Å². The van der Waals surface area contributed by atoms with Crippen molar-refractivity contribution in [3.63, 3.8) is 0 Å². The predicted molar refractivity (Wildman–Crippen MR) is 77.6 cm³/mol. The molecule has 4 heteroatoms. The van der Waals surface area contributed by atoms with Gasteiger partial charge >= 0.3 is 0 Å². The highest BCUT2D eigenvalue weighted by Crippen LogP contribution is 2.37. The molecule has 1 N–H and O–H groups in total. The van der Waals surface area contributed by atoms with Crippen LogP contribution >= 0.6 is 11.6 Å². The number of benzene rings is 1. The Hall–Kier alpha value is -1.61. The highest BCUT2D eigenvalue weighted by Gasteiger charge is 2.24. The first-order valence-electron chi connectivity index (χ1n) is 6.49. The lowest BCUT2D eigenvalue weighted by atomic mass is 10.1. The van der Waals surface area contributed by atoms with Gasteiger partial charge in [0.05, 0.1) is 17.4 Å². The zero-order valence-corrected chi connectivity index (χ0v) is 11.8. The minimum absolute atomic E-state index is 0.281. The summed E-state index contributed by atoms with van der Waals surface area (Å²) in [5, 5.41) is 4.37. The van der Waals surface area contributed by atoms with Crippen LogP contribution in [0.2, 0.25) is 5.02 Å². The summed E-state index contributed by atoms with van der Waals surface area (Å²) in [6.07, 6.45) is 3.86. The molecule has 0 saturated heterocycles. The molecule has 0 aliphatic heterocycles. The first-order chi connectivity index (χ1) is 9.15. The van der Waals surface area contributed by atoms with Crippen LogP contribution in [0.4, 0.5) is 5.82 Å². The van der Waals surface area contributed by atoms with Crippen LogP contribution in [0.25, 0.3) is 0 Å². The Balaban J connectivity index is 1.91. The van der Waals surface area contributed by atoms with E-state index in [2.05, 4.69) is 21.4 Å².